The minimum atomic E-state index is -0.000318. The quantitative estimate of drug-likeness (QED) is 0.923. The summed E-state index contributed by atoms with van der Waals surface area (Å²) in [5.41, 5.74) is 0.999. The monoisotopic (exact) mass is 290 g/mol. The van der Waals surface area contributed by atoms with Crippen LogP contribution < -0.4 is 10.1 Å². The lowest BCUT2D eigenvalue weighted by Gasteiger charge is -2.36. The number of rotatable bonds is 4. The van der Waals surface area contributed by atoms with Crippen LogP contribution in [-0.2, 0) is 6.54 Å². The minimum absolute atomic E-state index is 0.000318. The number of methoxy groups -OCH3 is 1. The number of amides is 2. The third-order valence-corrected chi connectivity index (χ3v) is 4.51. The fourth-order valence-corrected chi connectivity index (χ4v) is 3.17. The summed E-state index contributed by atoms with van der Waals surface area (Å²) < 4.78 is 5.31. The van der Waals surface area contributed by atoms with Gasteiger partial charge in [-0.25, -0.2) is 4.79 Å². The standard InChI is InChI=1S/C17H26N2O2/c1-13-8-4-6-10-15(13)19(2)17(20)18-12-14-9-5-7-11-16(14)21-3/h5,7,9,11,13,15H,4,6,8,10,12H2,1-3H3,(H,18,20)/t13-,15-/m0/s1. The number of carbonyl (C=O) groups excluding carboxylic acids is 1. The SMILES string of the molecule is COc1ccccc1CNC(=O)N(C)[C@H]1CCCC[C@@H]1C. The first-order valence-electron chi connectivity index (χ1n) is 7.76. The van der Waals surface area contributed by atoms with Crippen molar-refractivity contribution in [1.82, 2.24) is 10.2 Å². The number of nitrogens with zero attached hydrogens (tertiary/aromatic N) is 1. The zero-order valence-corrected chi connectivity index (χ0v) is 13.3. The van der Waals surface area contributed by atoms with E-state index in [1.54, 1.807) is 7.11 Å². The van der Waals surface area contributed by atoms with Crippen molar-refractivity contribution in [2.45, 2.75) is 45.2 Å². The highest BCUT2D eigenvalue weighted by Gasteiger charge is 2.27. The van der Waals surface area contributed by atoms with Gasteiger partial charge in [-0.1, -0.05) is 38.0 Å². The third kappa shape index (κ3) is 3.90. The topological polar surface area (TPSA) is 41.6 Å². The first-order chi connectivity index (χ1) is 10.1. The van der Waals surface area contributed by atoms with Crippen molar-refractivity contribution in [3.05, 3.63) is 29.8 Å². The molecule has 4 nitrogen and oxygen atoms in total. The number of para-hydroxylation sites is 1. The van der Waals surface area contributed by atoms with Gasteiger partial charge in [-0.15, -0.1) is 0 Å². The molecular weight excluding hydrogens is 264 g/mol. The summed E-state index contributed by atoms with van der Waals surface area (Å²) in [6, 6.07) is 8.13. The van der Waals surface area contributed by atoms with Gasteiger partial charge >= 0.3 is 6.03 Å². The maximum absolute atomic E-state index is 12.3. The second kappa shape index (κ2) is 7.34. The van der Waals surface area contributed by atoms with Crippen LogP contribution in [0.5, 0.6) is 5.75 Å². The van der Waals surface area contributed by atoms with E-state index in [0.29, 0.717) is 18.5 Å². The van der Waals surface area contributed by atoms with Gasteiger partial charge in [0, 0.05) is 25.2 Å². The van der Waals surface area contributed by atoms with E-state index in [9.17, 15) is 4.79 Å². The van der Waals surface area contributed by atoms with Gasteiger partial charge in [-0.3, -0.25) is 0 Å². The molecule has 0 aliphatic heterocycles. The molecule has 1 aromatic rings. The number of nitrogens with one attached hydrogen (secondary N) is 1. The molecule has 116 valence electrons. The summed E-state index contributed by atoms with van der Waals surface area (Å²) in [4.78, 5) is 14.2. The number of benzene rings is 1. The maximum atomic E-state index is 12.3. The smallest absolute Gasteiger partial charge is 0.317 e. The number of urea groups is 1. The Bertz CT molecular complexity index is 476. The highest BCUT2D eigenvalue weighted by atomic mass is 16.5. The molecule has 4 heteroatoms. The number of hydrogen-bond donors (Lipinski definition) is 1. The van der Waals surface area contributed by atoms with Gasteiger partial charge in [-0.05, 0) is 24.8 Å². The Kier molecular flexibility index (Phi) is 5.48. The van der Waals surface area contributed by atoms with Crippen LogP contribution in [0.15, 0.2) is 24.3 Å². The first kappa shape index (κ1) is 15.7. The molecule has 0 radical (unpaired) electrons. The van der Waals surface area contributed by atoms with E-state index in [2.05, 4.69) is 12.2 Å². The minimum Gasteiger partial charge on any atom is -0.496 e. The van der Waals surface area contributed by atoms with E-state index < -0.39 is 0 Å². The van der Waals surface area contributed by atoms with Crippen LogP contribution in [0.1, 0.15) is 38.2 Å². The molecule has 1 aliphatic rings. The molecule has 0 heterocycles. The van der Waals surface area contributed by atoms with Gasteiger partial charge < -0.3 is 15.0 Å². The molecule has 2 rings (SSSR count). The zero-order valence-electron chi connectivity index (χ0n) is 13.3. The van der Waals surface area contributed by atoms with E-state index >= 15 is 0 Å². The molecule has 1 aliphatic carbocycles. The molecule has 21 heavy (non-hydrogen) atoms. The Labute approximate surface area is 127 Å². The molecule has 2 amide bonds. The number of hydrogen-bond acceptors (Lipinski definition) is 2. The third-order valence-electron chi connectivity index (χ3n) is 4.51. The fraction of sp³-hybridized carbons (Fsp3) is 0.588. The summed E-state index contributed by atoms with van der Waals surface area (Å²) in [6.07, 6.45) is 4.84. The van der Waals surface area contributed by atoms with Crippen LogP contribution in [0.3, 0.4) is 0 Å². The Morgan fingerprint density at radius 2 is 2.05 bits per heavy atom. The number of ether oxygens (including phenoxy) is 1. The molecular formula is C17H26N2O2. The van der Waals surface area contributed by atoms with Gasteiger partial charge in [0.15, 0.2) is 0 Å². The Morgan fingerprint density at radius 1 is 1.33 bits per heavy atom. The molecule has 1 fully saturated rings. The van der Waals surface area contributed by atoms with Crippen LogP contribution >= 0.6 is 0 Å². The molecule has 0 unspecified atom stereocenters. The average molecular weight is 290 g/mol. The molecule has 0 saturated heterocycles. The van der Waals surface area contributed by atoms with Gasteiger partial charge in [0.25, 0.3) is 0 Å². The van der Waals surface area contributed by atoms with Crippen molar-refractivity contribution in [2.24, 2.45) is 5.92 Å². The number of carbonyl (C=O) groups is 1. The summed E-state index contributed by atoms with van der Waals surface area (Å²) in [5.74, 6) is 1.40. The highest BCUT2D eigenvalue weighted by Crippen LogP contribution is 2.27. The van der Waals surface area contributed by atoms with Crippen molar-refractivity contribution in [3.63, 3.8) is 0 Å². The second-order valence-corrected chi connectivity index (χ2v) is 5.91. The summed E-state index contributed by atoms with van der Waals surface area (Å²) in [6.45, 7) is 2.74. The van der Waals surface area contributed by atoms with Crippen molar-refractivity contribution in [2.75, 3.05) is 14.2 Å². The van der Waals surface area contributed by atoms with Crippen LogP contribution in [0.4, 0.5) is 4.79 Å². The Hall–Kier alpha value is -1.71. The lowest BCUT2D eigenvalue weighted by Crippen LogP contribution is -2.47. The molecule has 1 N–H and O–H groups in total. The largest absolute Gasteiger partial charge is 0.496 e. The van der Waals surface area contributed by atoms with Crippen molar-refractivity contribution >= 4 is 6.03 Å². The van der Waals surface area contributed by atoms with E-state index in [0.717, 1.165) is 17.7 Å². The van der Waals surface area contributed by atoms with Gasteiger partial charge in [0.05, 0.1) is 7.11 Å². The highest BCUT2D eigenvalue weighted by molar-refractivity contribution is 5.74. The van der Waals surface area contributed by atoms with Crippen LogP contribution in [0, 0.1) is 5.92 Å². The van der Waals surface area contributed by atoms with E-state index in [4.69, 9.17) is 4.74 Å². The van der Waals surface area contributed by atoms with Crippen molar-refractivity contribution in [3.8, 4) is 5.75 Å². The van der Waals surface area contributed by atoms with Crippen LogP contribution in [0.2, 0.25) is 0 Å². The van der Waals surface area contributed by atoms with Crippen molar-refractivity contribution < 1.29 is 9.53 Å². The van der Waals surface area contributed by atoms with Gasteiger partial charge in [-0.2, -0.15) is 0 Å². The molecule has 0 bridgehead atoms. The van der Waals surface area contributed by atoms with E-state index in [1.165, 1.54) is 19.3 Å². The van der Waals surface area contributed by atoms with Crippen molar-refractivity contribution in [1.29, 1.82) is 0 Å². The molecule has 1 aromatic carbocycles. The summed E-state index contributed by atoms with van der Waals surface area (Å²) in [7, 11) is 3.56. The molecule has 0 aromatic heterocycles. The lowest BCUT2D eigenvalue weighted by molar-refractivity contribution is 0.145. The second-order valence-electron chi connectivity index (χ2n) is 5.91. The summed E-state index contributed by atoms with van der Waals surface area (Å²) >= 11 is 0. The predicted octanol–water partition coefficient (Wildman–Crippen LogP) is 3.42. The molecule has 2 atom stereocenters. The Morgan fingerprint density at radius 3 is 2.76 bits per heavy atom. The average Bonchev–Trinajstić information content (AvgIpc) is 2.52. The van der Waals surface area contributed by atoms with Gasteiger partial charge in [0.2, 0.25) is 0 Å². The van der Waals surface area contributed by atoms with Crippen LogP contribution in [0.25, 0.3) is 0 Å². The predicted molar refractivity (Wildman–Crippen MR) is 84.4 cm³/mol. The normalized spacial score (nSPS) is 21.7. The van der Waals surface area contributed by atoms with Gasteiger partial charge in [0.1, 0.15) is 5.75 Å². The molecule has 1 saturated carbocycles. The van der Waals surface area contributed by atoms with E-state index in [-0.39, 0.29) is 6.03 Å². The van der Waals surface area contributed by atoms with Crippen LogP contribution in [-0.4, -0.2) is 31.1 Å². The van der Waals surface area contributed by atoms with E-state index in [1.807, 2.05) is 36.2 Å². The zero-order chi connectivity index (χ0) is 15.2. The molecule has 0 spiro atoms. The fourth-order valence-electron chi connectivity index (χ4n) is 3.17. The Balaban J connectivity index is 1.91. The lowest BCUT2D eigenvalue weighted by atomic mass is 9.85. The first-order valence-corrected chi connectivity index (χ1v) is 7.76. The maximum Gasteiger partial charge on any atom is 0.317 e. The summed E-state index contributed by atoms with van der Waals surface area (Å²) in [5, 5.41) is 3.00.